The Morgan fingerprint density at radius 2 is 1.64 bits per heavy atom. The van der Waals surface area contributed by atoms with E-state index in [1.165, 1.54) is 28.2 Å². The zero-order valence-corrected chi connectivity index (χ0v) is 21.5. The van der Waals surface area contributed by atoms with E-state index in [9.17, 15) is 9.59 Å². The molecule has 3 rings (SSSR count). The Morgan fingerprint density at radius 1 is 1.00 bits per heavy atom. The lowest BCUT2D eigenvalue weighted by molar-refractivity contribution is 0.0527. The lowest BCUT2D eigenvalue weighted by Gasteiger charge is -2.38. The molecule has 0 unspecified atom stereocenters. The van der Waals surface area contributed by atoms with Crippen LogP contribution >= 0.6 is 23.6 Å². The van der Waals surface area contributed by atoms with Crippen LogP contribution in [0.5, 0.6) is 0 Å². The lowest BCUT2D eigenvalue weighted by atomic mass is 10.1. The summed E-state index contributed by atoms with van der Waals surface area (Å²) in [7, 11) is 0. The second-order valence-electron chi connectivity index (χ2n) is 7.82. The quantitative estimate of drug-likeness (QED) is 0.468. The fraction of sp³-hybridized carbons (Fsp3) is 0.458. The van der Waals surface area contributed by atoms with Gasteiger partial charge in [0.25, 0.3) is 0 Å². The van der Waals surface area contributed by atoms with Crippen LogP contribution in [0.1, 0.15) is 50.6 Å². The van der Waals surface area contributed by atoms with Gasteiger partial charge in [0.1, 0.15) is 9.88 Å². The molecule has 0 spiro atoms. The maximum absolute atomic E-state index is 12.6. The maximum Gasteiger partial charge on any atom is 0.348 e. The molecule has 0 bridgehead atoms. The van der Waals surface area contributed by atoms with E-state index in [2.05, 4.69) is 47.2 Å². The molecular weight excluding hydrogens is 458 g/mol. The number of rotatable bonds is 6. The summed E-state index contributed by atoms with van der Waals surface area (Å²) < 4.78 is 10.4. The number of benzene rings is 1. The summed E-state index contributed by atoms with van der Waals surface area (Å²) in [6.07, 6.45) is 0. The first-order valence-electron chi connectivity index (χ1n) is 11.1. The van der Waals surface area contributed by atoms with Gasteiger partial charge in [0.15, 0.2) is 5.11 Å². The number of aryl methyl sites for hydroxylation is 1. The zero-order chi connectivity index (χ0) is 24.1. The van der Waals surface area contributed by atoms with Crippen molar-refractivity contribution in [2.45, 2.75) is 34.6 Å². The Hall–Kier alpha value is -2.65. The van der Waals surface area contributed by atoms with Crippen LogP contribution in [0, 0.1) is 20.8 Å². The van der Waals surface area contributed by atoms with Crippen molar-refractivity contribution in [2.75, 3.05) is 49.6 Å². The Bertz CT molecular complexity index is 1040. The largest absolute Gasteiger partial charge is 0.462 e. The zero-order valence-electron chi connectivity index (χ0n) is 19.8. The highest BCUT2D eigenvalue weighted by Gasteiger charge is 2.28. The minimum atomic E-state index is -0.480. The van der Waals surface area contributed by atoms with Gasteiger partial charge < -0.3 is 24.6 Å². The number of carbonyl (C=O) groups is 2. The van der Waals surface area contributed by atoms with Crippen molar-refractivity contribution < 1.29 is 19.1 Å². The molecule has 2 aromatic rings. The van der Waals surface area contributed by atoms with Gasteiger partial charge in [-0.25, -0.2) is 9.59 Å². The number of carbonyl (C=O) groups excluding carboxylic acids is 2. The molecule has 1 aromatic heterocycles. The fourth-order valence-corrected chi connectivity index (χ4v) is 5.28. The van der Waals surface area contributed by atoms with Crippen molar-refractivity contribution in [1.82, 2.24) is 4.90 Å². The van der Waals surface area contributed by atoms with Gasteiger partial charge in [0.05, 0.1) is 18.8 Å². The summed E-state index contributed by atoms with van der Waals surface area (Å²) in [6, 6.07) is 6.38. The molecule has 1 fully saturated rings. The molecule has 1 saturated heterocycles. The van der Waals surface area contributed by atoms with Crippen LogP contribution in [0.2, 0.25) is 0 Å². The molecule has 1 aromatic carbocycles. The van der Waals surface area contributed by atoms with E-state index < -0.39 is 11.9 Å². The topological polar surface area (TPSA) is 71.1 Å². The molecule has 0 atom stereocenters. The van der Waals surface area contributed by atoms with Gasteiger partial charge in [-0.2, -0.15) is 0 Å². The predicted octanol–water partition coefficient (Wildman–Crippen LogP) is 4.55. The summed E-state index contributed by atoms with van der Waals surface area (Å²) in [5.74, 6) is -0.932. The normalized spacial score (nSPS) is 13.6. The molecule has 2 heterocycles. The molecule has 0 aliphatic carbocycles. The number of nitrogens with one attached hydrogen (secondary N) is 1. The first-order chi connectivity index (χ1) is 15.8. The summed E-state index contributed by atoms with van der Waals surface area (Å²) in [6.45, 7) is 13.2. The third-order valence-corrected chi connectivity index (χ3v) is 7.34. The summed E-state index contributed by atoms with van der Waals surface area (Å²) in [5.41, 5.74) is 4.71. The van der Waals surface area contributed by atoms with E-state index in [-0.39, 0.29) is 13.2 Å². The maximum atomic E-state index is 12.6. The molecule has 0 saturated carbocycles. The highest BCUT2D eigenvalue weighted by Crippen LogP contribution is 2.35. The van der Waals surface area contributed by atoms with Crippen LogP contribution in [-0.4, -0.2) is 61.3 Å². The molecule has 178 valence electrons. The van der Waals surface area contributed by atoms with Crippen LogP contribution in [0.4, 0.5) is 10.7 Å². The Morgan fingerprint density at radius 3 is 2.27 bits per heavy atom. The summed E-state index contributed by atoms with van der Waals surface area (Å²) in [5, 5.41) is 4.24. The van der Waals surface area contributed by atoms with E-state index in [0.29, 0.717) is 26.1 Å². The number of esters is 2. The second-order valence-corrected chi connectivity index (χ2v) is 9.23. The highest BCUT2D eigenvalue weighted by molar-refractivity contribution is 7.80. The minimum Gasteiger partial charge on any atom is -0.462 e. The van der Waals surface area contributed by atoms with Crippen LogP contribution in [0.3, 0.4) is 0 Å². The minimum absolute atomic E-state index is 0.243. The van der Waals surface area contributed by atoms with E-state index in [4.69, 9.17) is 21.7 Å². The monoisotopic (exact) mass is 489 g/mol. The van der Waals surface area contributed by atoms with Gasteiger partial charge in [-0.05, 0) is 69.6 Å². The molecule has 1 N–H and O–H groups in total. The summed E-state index contributed by atoms with van der Waals surface area (Å²) >= 11 is 6.84. The molecular formula is C24H31N3O4S2. The van der Waals surface area contributed by atoms with Crippen molar-refractivity contribution in [1.29, 1.82) is 0 Å². The highest BCUT2D eigenvalue weighted by atomic mass is 32.1. The Labute approximate surface area is 204 Å². The fourth-order valence-electron chi connectivity index (χ4n) is 3.85. The van der Waals surface area contributed by atoms with Gasteiger partial charge in [-0.1, -0.05) is 12.1 Å². The molecule has 0 radical (unpaired) electrons. The number of ether oxygens (including phenoxy) is 2. The number of anilines is 2. The second kappa shape index (κ2) is 11.0. The van der Waals surface area contributed by atoms with E-state index in [0.717, 1.165) is 26.2 Å². The molecule has 1 aliphatic heterocycles. The van der Waals surface area contributed by atoms with Gasteiger partial charge in [-0.3, -0.25) is 0 Å². The number of nitrogens with zero attached hydrogens (tertiary/aromatic N) is 2. The lowest BCUT2D eigenvalue weighted by Crippen LogP contribution is -2.50. The third kappa shape index (κ3) is 5.47. The smallest absolute Gasteiger partial charge is 0.348 e. The Balaban J connectivity index is 1.74. The van der Waals surface area contributed by atoms with Crippen molar-refractivity contribution in [3.8, 4) is 0 Å². The number of thiophene rings is 1. The average molecular weight is 490 g/mol. The van der Waals surface area contributed by atoms with E-state index in [1.807, 2.05) is 0 Å². The third-order valence-electron chi connectivity index (χ3n) is 5.79. The number of piperazine rings is 1. The van der Waals surface area contributed by atoms with Gasteiger partial charge in [-0.15, -0.1) is 11.3 Å². The molecule has 0 amide bonds. The molecule has 9 heteroatoms. The van der Waals surface area contributed by atoms with Crippen molar-refractivity contribution in [2.24, 2.45) is 0 Å². The predicted molar refractivity (Wildman–Crippen MR) is 137 cm³/mol. The standard InChI is InChI=1S/C24H31N3O4S2/c1-6-30-22(28)19-17(5)20(23(29)31-7-2)33-21(19)25-24(32)27-13-11-26(12-14-27)18-10-8-9-15(3)16(18)4/h8-10H,6-7,11-14H2,1-5H3,(H,25,32). The molecule has 33 heavy (non-hydrogen) atoms. The Kier molecular flexibility index (Phi) is 8.31. The van der Waals surface area contributed by atoms with Crippen LogP contribution in [-0.2, 0) is 9.47 Å². The van der Waals surface area contributed by atoms with Gasteiger partial charge >= 0.3 is 11.9 Å². The van der Waals surface area contributed by atoms with Crippen LogP contribution < -0.4 is 10.2 Å². The van der Waals surface area contributed by atoms with Gasteiger partial charge in [0.2, 0.25) is 0 Å². The number of hydrogen-bond donors (Lipinski definition) is 1. The van der Waals surface area contributed by atoms with E-state index >= 15 is 0 Å². The molecule has 7 nitrogen and oxygen atoms in total. The van der Waals surface area contributed by atoms with Crippen LogP contribution in [0.25, 0.3) is 0 Å². The van der Waals surface area contributed by atoms with Crippen molar-refractivity contribution >= 4 is 51.3 Å². The van der Waals surface area contributed by atoms with Crippen LogP contribution in [0.15, 0.2) is 18.2 Å². The summed E-state index contributed by atoms with van der Waals surface area (Å²) in [4.78, 5) is 29.8. The number of thiocarbonyl (C=S) groups is 1. The van der Waals surface area contributed by atoms with E-state index in [1.54, 1.807) is 20.8 Å². The van der Waals surface area contributed by atoms with Crippen molar-refractivity contribution in [3.63, 3.8) is 0 Å². The van der Waals surface area contributed by atoms with Crippen molar-refractivity contribution in [3.05, 3.63) is 45.3 Å². The number of hydrogen-bond acceptors (Lipinski definition) is 7. The first-order valence-corrected chi connectivity index (χ1v) is 12.4. The first kappa shape index (κ1) is 25.0. The average Bonchev–Trinajstić information content (AvgIpc) is 3.12. The SMILES string of the molecule is CCOC(=O)c1sc(NC(=S)N2CCN(c3cccc(C)c3C)CC2)c(C(=O)OCC)c1C. The van der Waals surface area contributed by atoms with Gasteiger partial charge in [0, 0.05) is 31.9 Å². The molecule has 1 aliphatic rings.